The van der Waals surface area contributed by atoms with Crippen molar-refractivity contribution in [1.29, 1.82) is 0 Å². The van der Waals surface area contributed by atoms with E-state index in [0.29, 0.717) is 51.7 Å². The number of carbonyl (C=O) groups excluding carboxylic acids is 1. The molecule has 0 radical (unpaired) electrons. The highest BCUT2D eigenvalue weighted by Gasteiger charge is 2.42. The summed E-state index contributed by atoms with van der Waals surface area (Å²) in [6.45, 7) is 3.69. The van der Waals surface area contributed by atoms with Crippen LogP contribution in [0.25, 0.3) is 10.8 Å². The van der Waals surface area contributed by atoms with Crippen LogP contribution in [-0.4, -0.2) is 77.4 Å². The maximum Gasteiger partial charge on any atom is 0.273 e. The van der Waals surface area contributed by atoms with Gasteiger partial charge >= 0.3 is 0 Å². The van der Waals surface area contributed by atoms with E-state index in [4.69, 9.17) is 9.47 Å². The minimum atomic E-state index is -0.619. The van der Waals surface area contributed by atoms with Crippen molar-refractivity contribution in [2.45, 2.75) is 5.60 Å². The summed E-state index contributed by atoms with van der Waals surface area (Å²) in [4.78, 5) is 30.4. The highest BCUT2D eigenvalue weighted by atomic mass is 16.5. The fraction of sp³-hybridized carbons (Fsp3) is 0.364. The van der Waals surface area contributed by atoms with E-state index in [1.165, 1.54) is 0 Å². The standard InChI is InChI=1S/C22H23N5O3/c28-21(20-18-4-2-1-3-17(18)5-6-25-20)27-10-12-30-22(15-27)14-26(9-11-29-16-22)19-13-23-7-8-24-19/h1-8,13H,9-12,14-16H2/t22-/m1/s1. The molecule has 2 aliphatic heterocycles. The van der Waals surface area contributed by atoms with Crippen molar-refractivity contribution in [3.8, 4) is 0 Å². The molecule has 0 saturated carbocycles. The number of ether oxygens (including phenoxy) is 2. The maximum absolute atomic E-state index is 13.4. The van der Waals surface area contributed by atoms with Crippen molar-refractivity contribution in [2.24, 2.45) is 0 Å². The molecule has 30 heavy (non-hydrogen) atoms. The molecule has 3 aromatic rings. The lowest BCUT2D eigenvalue weighted by atomic mass is 10.0. The normalized spacial score (nSPS) is 22.3. The Morgan fingerprint density at radius 2 is 1.93 bits per heavy atom. The van der Waals surface area contributed by atoms with Gasteiger partial charge in [-0.3, -0.25) is 14.8 Å². The number of nitrogens with zero attached hydrogens (tertiary/aromatic N) is 5. The van der Waals surface area contributed by atoms with E-state index in [2.05, 4.69) is 19.9 Å². The van der Waals surface area contributed by atoms with Crippen LogP contribution in [0.1, 0.15) is 10.5 Å². The summed E-state index contributed by atoms with van der Waals surface area (Å²) in [6.07, 6.45) is 6.76. The van der Waals surface area contributed by atoms with Crippen LogP contribution in [0, 0.1) is 0 Å². The number of benzene rings is 1. The molecule has 0 bridgehead atoms. The predicted molar refractivity (Wildman–Crippen MR) is 111 cm³/mol. The molecule has 0 aliphatic carbocycles. The molecule has 2 aromatic heterocycles. The quantitative estimate of drug-likeness (QED) is 0.643. The molecule has 1 spiro atoms. The number of pyridine rings is 1. The second-order valence-corrected chi connectivity index (χ2v) is 7.68. The second-order valence-electron chi connectivity index (χ2n) is 7.68. The number of fused-ring (bicyclic) bond motifs is 1. The van der Waals surface area contributed by atoms with Gasteiger partial charge in [-0.25, -0.2) is 4.98 Å². The van der Waals surface area contributed by atoms with Crippen LogP contribution >= 0.6 is 0 Å². The van der Waals surface area contributed by atoms with Gasteiger partial charge in [0.1, 0.15) is 17.1 Å². The zero-order valence-corrected chi connectivity index (χ0v) is 16.6. The third-order valence-electron chi connectivity index (χ3n) is 5.64. The minimum absolute atomic E-state index is 0.0789. The fourth-order valence-electron chi connectivity index (χ4n) is 4.20. The van der Waals surface area contributed by atoms with Crippen LogP contribution in [0.4, 0.5) is 5.82 Å². The van der Waals surface area contributed by atoms with Crippen LogP contribution in [-0.2, 0) is 9.47 Å². The Balaban J connectivity index is 1.41. The highest BCUT2D eigenvalue weighted by Crippen LogP contribution is 2.26. The Morgan fingerprint density at radius 3 is 2.83 bits per heavy atom. The monoisotopic (exact) mass is 405 g/mol. The number of hydrogen-bond acceptors (Lipinski definition) is 7. The molecule has 5 rings (SSSR count). The Morgan fingerprint density at radius 1 is 1.00 bits per heavy atom. The zero-order valence-electron chi connectivity index (χ0n) is 16.6. The third-order valence-corrected chi connectivity index (χ3v) is 5.64. The van der Waals surface area contributed by atoms with Gasteiger partial charge in [0.2, 0.25) is 0 Å². The summed E-state index contributed by atoms with van der Waals surface area (Å²) >= 11 is 0. The van der Waals surface area contributed by atoms with E-state index in [9.17, 15) is 4.79 Å². The van der Waals surface area contributed by atoms with Crippen molar-refractivity contribution in [2.75, 3.05) is 50.9 Å². The first kappa shape index (κ1) is 18.9. The molecular weight excluding hydrogens is 382 g/mol. The fourth-order valence-corrected chi connectivity index (χ4v) is 4.20. The Bertz CT molecular complexity index is 1040. The van der Waals surface area contributed by atoms with Crippen LogP contribution in [0.5, 0.6) is 0 Å². The number of anilines is 1. The molecule has 8 nitrogen and oxygen atoms in total. The molecule has 2 fully saturated rings. The molecule has 2 saturated heterocycles. The molecule has 154 valence electrons. The van der Waals surface area contributed by atoms with Gasteiger partial charge in [0.05, 0.1) is 39.1 Å². The van der Waals surface area contributed by atoms with Gasteiger partial charge in [-0.15, -0.1) is 0 Å². The van der Waals surface area contributed by atoms with Crippen LogP contribution in [0.2, 0.25) is 0 Å². The van der Waals surface area contributed by atoms with Crippen LogP contribution in [0.3, 0.4) is 0 Å². The first-order valence-corrected chi connectivity index (χ1v) is 10.1. The van der Waals surface area contributed by atoms with E-state index >= 15 is 0 Å². The molecule has 1 aromatic carbocycles. The van der Waals surface area contributed by atoms with Gasteiger partial charge in [0, 0.05) is 37.1 Å². The molecule has 1 amide bonds. The van der Waals surface area contributed by atoms with Crippen molar-refractivity contribution < 1.29 is 14.3 Å². The zero-order chi connectivity index (χ0) is 20.4. The Hall–Kier alpha value is -3.10. The lowest BCUT2D eigenvalue weighted by molar-refractivity contribution is -0.124. The predicted octanol–water partition coefficient (Wildman–Crippen LogP) is 1.77. The van der Waals surface area contributed by atoms with Gasteiger partial charge in [0.25, 0.3) is 5.91 Å². The van der Waals surface area contributed by atoms with E-state index in [-0.39, 0.29) is 5.91 Å². The number of hydrogen-bond donors (Lipinski definition) is 0. The number of morpholine rings is 1. The van der Waals surface area contributed by atoms with Gasteiger partial charge in [-0.2, -0.15) is 0 Å². The molecule has 4 heterocycles. The van der Waals surface area contributed by atoms with Crippen molar-refractivity contribution in [3.63, 3.8) is 0 Å². The molecule has 8 heteroatoms. The van der Waals surface area contributed by atoms with Crippen LogP contribution < -0.4 is 4.90 Å². The van der Waals surface area contributed by atoms with Gasteiger partial charge < -0.3 is 19.3 Å². The summed E-state index contributed by atoms with van der Waals surface area (Å²) in [5, 5.41) is 1.87. The molecule has 0 N–H and O–H groups in total. The lowest BCUT2D eigenvalue weighted by Gasteiger charge is -2.43. The van der Waals surface area contributed by atoms with Gasteiger partial charge in [0.15, 0.2) is 0 Å². The van der Waals surface area contributed by atoms with Crippen molar-refractivity contribution in [1.82, 2.24) is 19.9 Å². The average molecular weight is 405 g/mol. The minimum Gasteiger partial charge on any atom is -0.376 e. The first-order valence-electron chi connectivity index (χ1n) is 10.1. The van der Waals surface area contributed by atoms with E-state index in [0.717, 1.165) is 16.6 Å². The van der Waals surface area contributed by atoms with E-state index < -0.39 is 5.60 Å². The summed E-state index contributed by atoms with van der Waals surface area (Å²) in [6, 6.07) is 9.75. The largest absolute Gasteiger partial charge is 0.376 e. The number of rotatable bonds is 2. The SMILES string of the molecule is O=C(c1nccc2ccccc12)N1CCO[C@@]2(COCCN(c3cnccn3)C2)C1. The third kappa shape index (κ3) is 3.59. The topological polar surface area (TPSA) is 80.7 Å². The van der Waals surface area contributed by atoms with E-state index in [1.807, 2.05) is 35.2 Å². The molecule has 2 aliphatic rings. The Labute approximate surface area is 174 Å². The lowest BCUT2D eigenvalue weighted by Crippen LogP contribution is -2.60. The van der Waals surface area contributed by atoms with Crippen LogP contribution in [0.15, 0.2) is 55.1 Å². The average Bonchev–Trinajstić information content (AvgIpc) is 3.01. The van der Waals surface area contributed by atoms with Crippen molar-refractivity contribution in [3.05, 3.63) is 60.8 Å². The first-order chi connectivity index (χ1) is 14.7. The second kappa shape index (κ2) is 7.97. The number of amides is 1. The summed E-state index contributed by atoms with van der Waals surface area (Å²) in [5.74, 6) is 0.704. The molecule has 1 atom stereocenters. The maximum atomic E-state index is 13.4. The highest BCUT2D eigenvalue weighted by molar-refractivity contribution is 6.05. The summed E-state index contributed by atoms with van der Waals surface area (Å²) in [7, 11) is 0. The van der Waals surface area contributed by atoms with Gasteiger partial charge in [-0.1, -0.05) is 24.3 Å². The van der Waals surface area contributed by atoms with Gasteiger partial charge in [-0.05, 0) is 11.5 Å². The van der Waals surface area contributed by atoms with Crippen molar-refractivity contribution >= 4 is 22.5 Å². The summed E-state index contributed by atoms with van der Waals surface area (Å²) in [5.41, 5.74) is -0.141. The summed E-state index contributed by atoms with van der Waals surface area (Å²) < 4.78 is 12.1. The molecule has 0 unspecified atom stereocenters. The Kier molecular flexibility index (Phi) is 5.02. The number of aromatic nitrogens is 3. The van der Waals surface area contributed by atoms with E-state index in [1.54, 1.807) is 24.8 Å². The smallest absolute Gasteiger partial charge is 0.273 e. The molecular formula is C22H23N5O3. The number of carbonyl (C=O) groups is 1.